The maximum Gasteiger partial charge on any atom is 0.317 e. The molecule has 21 heavy (non-hydrogen) atoms. The maximum absolute atomic E-state index is 12.2. The summed E-state index contributed by atoms with van der Waals surface area (Å²) in [7, 11) is 0. The van der Waals surface area contributed by atoms with Crippen molar-refractivity contribution < 1.29 is 14.7 Å². The summed E-state index contributed by atoms with van der Waals surface area (Å²) < 4.78 is 0. The molecule has 1 heterocycles. The number of nitrogens with one attached hydrogen (secondary N) is 1. The average Bonchev–Trinajstić information content (AvgIpc) is 2.96. The quantitative estimate of drug-likeness (QED) is 0.739. The zero-order chi connectivity index (χ0) is 15.1. The lowest BCUT2D eigenvalue weighted by Gasteiger charge is -2.34. The zero-order valence-electron chi connectivity index (χ0n) is 12.6. The number of carbonyl (C=O) groups is 2. The van der Waals surface area contributed by atoms with E-state index in [0.29, 0.717) is 13.1 Å². The van der Waals surface area contributed by atoms with Crippen LogP contribution in [0.1, 0.15) is 44.9 Å². The van der Waals surface area contributed by atoms with Crippen LogP contribution in [0.4, 0.5) is 4.79 Å². The van der Waals surface area contributed by atoms with E-state index in [1.807, 2.05) is 0 Å². The highest BCUT2D eigenvalue weighted by Crippen LogP contribution is 2.28. The molecule has 2 N–H and O–H groups in total. The fourth-order valence-corrected chi connectivity index (χ4v) is 4.34. The first-order valence-corrected chi connectivity index (χ1v) is 9.16. The summed E-state index contributed by atoms with van der Waals surface area (Å²) in [5, 5.41) is 11.9. The van der Waals surface area contributed by atoms with Crippen LogP contribution in [0.15, 0.2) is 0 Å². The predicted molar refractivity (Wildman–Crippen MR) is 84.7 cm³/mol. The highest BCUT2D eigenvalue weighted by atomic mass is 32.2. The Labute approximate surface area is 130 Å². The number of hydrogen-bond acceptors (Lipinski definition) is 3. The van der Waals surface area contributed by atoms with E-state index in [4.69, 9.17) is 5.11 Å². The van der Waals surface area contributed by atoms with Gasteiger partial charge < -0.3 is 15.3 Å². The fourth-order valence-electron chi connectivity index (χ4n) is 3.28. The second-order valence-corrected chi connectivity index (χ2v) is 7.19. The first kappa shape index (κ1) is 16.5. The van der Waals surface area contributed by atoms with Gasteiger partial charge in [-0.15, -0.1) is 0 Å². The van der Waals surface area contributed by atoms with Gasteiger partial charge in [0.2, 0.25) is 0 Å². The van der Waals surface area contributed by atoms with Crippen molar-refractivity contribution in [3.63, 3.8) is 0 Å². The number of thioether (sulfide) groups is 1. The van der Waals surface area contributed by atoms with Crippen molar-refractivity contribution in [2.75, 3.05) is 24.6 Å². The van der Waals surface area contributed by atoms with Gasteiger partial charge in [0.05, 0.1) is 12.5 Å². The number of carbonyl (C=O) groups excluding carboxylic acids is 1. The van der Waals surface area contributed by atoms with Gasteiger partial charge in [-0.25, -0.2) is 4.79 Å². The standard InChI is InChI=1S/C15H26N2O3S/c18-14(19)10-13-11-21-9-8-17(13)15(20)16-7-3-6-12-4-1-2-5-12/h12-13H,1-11H2,(H,16,20)(H,18,19). The smallest absolute Gasteiger partial charge is 0.317 e. The molecule has 6 heteroatoms. The van der Waals surface area contributed by atoms with E-state index in [9.17, 15) is 9.59 Å². The molecule has 1 aliphatic heterocycles. The van der Waals surface area contributed by atoms with Crippen molar-refractivity contribution in [2.45, 2.75) is 51.0 Å². The molecule has 120 valence electrons. The molecule has 0 radical (unpaired) electrons. The Bertz CT molecular complexity index is 359. The Morgan fingerprint density at radius 3 is 2.76 bits per heavy atom. The third-order valence-electron chi connectivity index (χ3n) is 4.44. The Balaban J connectivity index is 1.68. The van der Waals surface area contributed by atoms with Crippen LogP contribution in [0.5, 0.6) is 0 Å². The Kier molecular flexibility index (Phi) is 6.67. The topological polar surface area (TPSA) is 69.6 Å². The van der Waals surface area contributed by atoms with E-state index < -0.39 is 5.97 Å². The third-order valence-corrected chi connectivity index (χ3v) is 5.53. The predicted octanol–water partition coefficient (Wildman–Crippen LogP) is 2.56. The first-order chi connectivity index (χ1) is 10.2. The minimum Gasteiger partial charge on any atom is -0.481 e. The van der Waals surface area contributed by atoms with Gasteiger partial charge in [0.1, 0.15) is 0 Å². The lowest BCUT2D eigenvalue weighted by atomic mass is 10.0. The summed E-state index contributed by atoms with van der Waals surface area (Å²) in [6.45, 7) is 1.36. The number of carboxylic acid groups (broad SMARTS) is 1. The second kappa shape index (κ2) is 8.51. The van der Waals surface area contributed by atoms with Crippen molar-refractivity contribution in [1.82, 2.24) is 10.2 Å². The second-order valence-electron chi connectivity index (χ2n) is 6.04. The largest absolute Gasteiger partial charge is 0.481 e. The summed E-state index contributed by atoms with van der Waals surface area (Å²) in [6, 6.07) is -0.260. The molecule has 0 aromatic rings. The van der Waals surface area contributed by atoms with Crippen LogP contribution in [0.2, 0.25) is 0 Å². The molecule has 0 aromatic heterocycles. The SMILES string of the molecule is O=C(O)CC1CSCCN1C(=O)NCCCC1CCCC1. The molecule has 0 bridgehead atoms. The van der Waals surface area contributed by atoms with Crippen LogP contribution < -0.4 is 5.32 Å². The number of urea groups is 1. The lowest BCUT2D eigenvalue weighted by Crippen LogP contribution is -2.51. The van der Waals surface area contributed by atoms with Gasteiger partial charge in [0.15, 0.2) is 0 Å². The molecule has 1 saturated heterocycles. The maximum atomic E-state index is 12.2. The molecule has 5 nitrogen and oxygen atoms in total. The van der Waals surface area contributed by atoms with Gasteiger partial charge in [0, 0.05) is 24.6 Å². The molecule has 2 rings (SSSR count). The van der Waals surface area contributed by atoms with Gasteiger partial charge in [0.25, 0.3) is 0 Å². The van der Waals surface area contributed by atoms with Gasteiger partial charge in [-0.3, -0.25) is 4.79 Å². The molecule has 1 unspecified atom stereocenters. The molecular weight excluding hydrogens is 288 g/mol. The summed E-state index contributed by atoms with van der Waals surface area (Å²) >= 11 is 1.73. The van der Waals surface area contributed by atoms with Crippen molar-refractivity contribution >= 4 is 23.8 Å². The number of amides is 2. The zero-order valence-corrected chi connectivity index (χ0v) is 13.4. The monoisotopic (exact) mass is 314 g/mol. The van der Waals surface area contributed by atoms with E-state index in [0.717, 1.165) is 23.8 Å². The fraction of sp³-hybridized carbons (Fsp3) is 0.867. The Morgan fingerprint density at radius 1 is 1.29 bits per heavy atom. The van der Waals surface area contributed by atoms with E-state index in [1.54, 1.807) is 16.7 Å². The van der Waals surface area contributed by atoms with Crippen molar-refractivity contribution in [3.8, 4) is 0 Å². The number of hydrogen-bond donors (Lipinski definition) is 2. The van der Waals surface area contributed by atoms with E-state index >= 15 is 0 Å². The van der Waals surface area contributed by atoms with Crippen molar-refractivity contribution in [3.05, 3.63) is 0 Å². The minimum atomic E-state index is -0.832. The van der Waals surface area contributed by atoms with Crippen molar-refractivity contribution in [1.29, 1.82) is 0 Å². The number of rotatable bonds is 6. The van der Waals surface area contributed by atoms with Gasteiger partial charge >= 0.3 is 12.0 Å². The van der Waals surface area contributed by atoms with Crippen LogP contribution in [0.25, 0.3) is 0 Å². The minimum absolute atomic E-state index is 0.0441. The summed E-state index contributed by atoms with van der Waals surface area (Å²) in [4.78, 5) is 24.8. The molecule has 0 aromatic carbocycles. The van der Waals surface area contributed by atoms with Gasteiger partial charge in [-0.1, -0.05) is 25.7 Å². The third kappa shape index (κ3) is 5.41. The summed E-state index contributed by atoms with van der Waals surface area (Å²) in [6.07, 6.45) is 7.69. The molecular formula is C15H26N2O3S. The molecule has 2 fully saturated rings. The lowest BCUT2D eigenvalue weighted by molar-refractivity contribution is -0.137. The molecule has 0 spiro atoms. The molecule has 1 saturated carbocycles. The van der Waals surface area contributed by atoms with E-state index in [1.165, 1.54) is 32.1 Å². The van der Waals surface area contributed by atoms with E-state index in [-0.39, 0.29) is 18.5 Å². The van der Waals surface area contributed by atoms with Crippen LogP contribution >= 0.6 is 11.8 Å². The summed E-state index contributed by atoms with van der Waals surface area (Å²) in [5.74, 6) is 1.64. The molecule has 2 amide bonds. The molecule has 1 atom stereocenters. The number of aliphatic carboxylic acids is 1. The van der Waals surface area contributed by atoms with Gasteiger partial charge in [-0.2, -0.15) is 11.8 Å². The Hall–Kier alpha value is -0.910. The highest BCUT2D eigenvalue weighted by Gasteiger charge is 2.28. The summed E-state index contributed by atoms with van der Waals surface area (Å²) in [5.41, 5.74) is 0. The van der Waals surface area contributed by atoms with Gasteiger partial charge in [-0.05, 0) is 18.8 Å². The number of carboxylic acids is 1. The molecule has 1 aliphatic carbocycles. The van der Waals surface area contributed by atoms with E-state index in [2.05, 4.69) is 5.32 Å². The Morgan fingerprint density at radius 2 is 2.05 bits per heavy atom. The van der Waals surface area contributed by atoms with Crippen molar-refractivity contribution in [2.24, 2.45) is 5.92 Å². The van der Waals surface area contributed by atoms with Crippen LogP contribution in [0, 0.1) is 5.92 Å². The number of nitrogens with zero attached hydrogens (tertiary/aromatic N) is 1. The first-order valence-electron chi connectivity index (χ1n) is 8.01. The normalized spacial score (nSPS) is 23.2. The van der Waals surface area contributed by atoms with Crippen LogP contribution in [-0.2, 0) is 4.79 Å². The molecule has 2 aliphatic rings. The average molecular weight is 314 g/mol. The highest BCUT2D eigenvalue weighted by molar-refractivity contribution is 7.99. The van der Waals surface area contributed by atoms with Crippen LogP contribution in [-0.4, -0.2) is 52.6 Å². The van der Waals surface area contributed by atoms with Crippen LogP contribution in [0.3, 0.4) is 0 Å².